The Hall–Kier alpha value is -2.00. The molecule has 1 fully saturated rings. The number of Topliss-reactive ketones (excluding diaryl/α,β-unsaturated/α-hetero) is 1. The fraction of sp³-hybridized carbons (Fsp3) is 0.333. The van der Waals surface area contributed by atoms with Gasteiger partial charge < -0.3 is 10.0 Å². The molecule has 9 heteroatoms. The summed E-state index contributed by atoms with van der Waals surface area (Å²) in [5.41, 5.74) is 0.778. The van der Waals surface area contributed by atoms with Crippen LogP contribution in [0, 0.1) is 11.7 Å². The van der Waals surface area contributed by atoms with Crippen LogP contribution in [0.4, 0.5) is 4.39 Å². The van der Waals surface area contributed by atoms with Crippen LogP contribution in [0.5, 0.6) is 0 Å². The molecule has 0 saturated heterocycles. The van der Waals surface area contributed by atoms with E-state index in [1.807, 2.05) is 0 Å². The molecule has 6 nitrogen and oxygen atoms in total. The number of ketones is 1. The predicted molar refractivity (Wildman–Crippen MR) is 115 cm³/mol. The molecule has 0 aromatic heterocycles. The zero-order valence-electron chi connectivity index (χ0n) is 18.3. The van der Waals surface area contributed by atoms with Crippen molar-refractivity contribution in [1.82, 2.24) is 4.90 Å². The summed E-state index contributed by atoms with van der Waals surface area (Å²) < 4.78 is 42.3. The molecule has 2 heterocycles. The summed E-state index contributed by atoms with van der Waals surface area (Å²) in [4.78, 5) is 15.2. The fourth-order valence-corrected chi connectivity index (χ4v) is 6.27. The standard InChI is InChI=1S/C24H23FN2O4S.Na/c25-17-12-10-15(11-13-17)14-27-22(16-6-2-1-3-7-16)23(28)20(24(27)29)21-18-8-4-5-9-19(18)32(30,31)26-21;/h4-5,8-13,16,22,29H,1-3,6-7,14H2;/q;+1/p-1/t22-;/m0./s1. The van der Waals surface area contributed by atoms with Crippen LogP contribution in [0.2, 0.25) is 0 Å². The Balaban J connectivity index is 0.00000259. The van der Waals surface area contributed by atoms with Crippen molar-refractivity contribution >= 4 is 21.5 Å². The predicted octanol–water partition coefficient (Wildman–Crippen LogP) is -0.0732. The van der Waals surface area contributed by atoms with E-state index in [0.29, 0.717) is 5.56 Å². The second-order valence-corrected chi connectivity index (χ2v) is 10.1. The number of carbonyl (C=O) groups excluding carboxylic acids is 1. The molecule has 0 N–H and O–H groups in total. The number of carbonyl (C=O) groups is 1. The van der Waals surface area contributed by atoms with Gasteiger partial charge in [0.25, 0.3) is 10.0 Å². The molecule has 0 amide bonds. The summed E-state index contributed by atoms with van der Waals surface area (Å²) in [6.07, 6.45) is 4.73. The first-order chi connectivity index (χ1) is 15.4. The third-order valence-corrected chi connectivity index (χ3v) is 7.89. The van der Waals surface area contributed by atoms with Gasteiger partial charge in [-0.15, -0.1) is 0 Å². The number of fused-ring (bicyclic) bond motifs is 1. The minimum Gasteiger partial charge on any atom is -0.860 e. The molecule has 2 aliphatic heterocycles. The summed E-state index contributed by atoms with van der Waals surface area (Å²) in [6.45, 7) is 0.150. The van der Waals surface area contributed by atoms with Gasteiger partial charge in [-0.1, -0.05) is 49.6 Å². The van der Waals surface area contributed by atoms with Crippen LogP contribution in [0.15, 0.2) is 69.3 Å². The minimum atomic E-state index is -3.96. The average molecular weight is 477 g/mol. The van der Waals surface area contributed by atoms with Gasteiger partial charge in [0.15, 0.2) is 5.78 Å². The molecule has 3 aliphatic rings. The Morgan fingerprint density at radius 1 is 1.03 bits per heavy atom. The Kier molecular flexibility index (Phi) is 6.82. The van der Waals surface area contributed by atoms with E-state index in [4.69, 9.17) is 0 Å². The molecule has 0 unspecified atom stereocenters. The number of benzene rings is 2. The maximum Gasteiger partial charge on any atom is 1.00 e. The third-order valence-electron chi connectivity index (χ3n) is 6.56. The van der Waals surface area contributed by atoms with Gasteiger partial charge in [-0.3, -0.25) is 4.79 Å². The molecule has 5 rings (SSSR count). The van der Waals surface area contributed by atoms with Gasteiger partial charge in [-0.25, -0.2) is 4.39 Å². The Morgan fingerprint density at radius 3 is 2.39 bits per heavy atom. The molecule has 2 aromatic carbocycles. The Morgan fingerprint density at radius 2 is 1.70 bits per heavy atom. The van der Waals surface area contributed by atoms with E-state index in [-0.39, 0.29) is 75.4 Å². The average Bonchev–Trinajstić information content (AvgIpc) is 3.19. The van der Waals surface area contributed by atoms with Gasteiger partial charge in [-0.05, 0) is 48.4 Å². The number of nitrogens with zero attached hydrogens (tertiary/aromatic N) is 2. The second-order valence-electron chi connectivity index (χ2n) is 8.55. The van der Waals surface area contributed by atoms with E-state index in [1.165, 1.54) is 23.1 Å². The maximum absolute atomic E-state index is 13.6. The van der Waals surface area contributed by atoms with E-state index in [0.717, 1.165) is 32.1 Å². The summed E-state index contributed by atoms with van der Waals surface area (Å²) in [7, 11) is -3.96. The number of rotatable bonds is 4. The molecule has 1 atom stereocenters. The number of sulfonamides is 1. The zero-order valence-corrected chi connectivity index (χ0v) is 21.1. The first-order valence-electron chi connectivity index (χ1n) is 10.8. The summed E-state index contributed by atoms with van der Waals surface area (Å²) in [5.74, 6) is -1.25. The van der Waals surface area contributed by atoms with Crippen LogP contribution < -0.4 is 34.7 Å². The molecule has 1 saturated carbocycles. The van der Waals surface area contributed by atoms with Crippen LogP contribution in [-0.2, 0) is 21.4 Å². The number of hydrogen-bond donors (Lipinski definition) is 0. The van der Waals surface area contributed by atoms with E-state index >= 15 is 0 Å². The van der Waals surface area contributed by atoms with Crippen molar-refractivity contribution < 1.29 is 52.3 Å². The SMILES string of the molecule is O=C1C(C2=NS(=O)(=O)c3ccccc32)=C([O-])N(Cc2ccc(F)cc2)[C@H]1C1CCCCC1.[Na+]. The zero-order chi connectivity index (χ0) is 22.5. The van der Waals surface area contributed by atoms with Gasteiger partial charge in [0.05, 0.1) is 22.2 Å². The van der Waals surface area contributed by atoms with Crippen LogP contribution in [0.3, 0.4) is 0 Å². The summed E-state index contributed by atoms with van der Waals surface area (Å²) >= 11 is 0. The monoisotopic (exact) mass is 476 g/mol. The van der Waals surface area contributed by atoms with E-state index in [2.05, 4.69) is 4.40 Å². The quantitative estimate of drug-likeness (QED) is 0.577. The largest absolute Gasteiger partial charge is 1.00 e. The summed E-state index contributed by atoms with van der Waals surface area (Å²) in [5, 5.41) is 13.6. The number of halogens is 1. The van der Waals surface area contributed by atoms with Crippen molar-refractivity contribution in [2.75, 3.05) is 0 Å². The van der Waals surface area contributed by atoms with Gasteiger partial charge in [0.2, 0.25) is 0 Å². The third kappa shape index (κ3) is 4.30. The molecule has 33 heavy (non-hydrogen) atoms. The van der Waals surface area contributed by atoms with Gasteiger partial charge >= 0.3 is 29.6 Å². The van der Waals surface area contributed by atoms with Crippen LogP contribution >= 0.6 is 0 Å². The van der Waals surface area contributed by atoms with E-state index < -0.39 is 21.9 Å². The van der Waals surface area contributed by atoms with Gasteiger partial charge in [0.1, 0.15) is 5.82 Å². The Labute approximate surface area is 214 Å². The first-order valence-corrected chi connectivity index (χ1v) is 12.2. The Bertz CT molecular complexity index is 1250. The molecule has 1 aliphatic carbocycles. The normalized spacial score (nSPS) is 22.2. The molecular formula is C24H22FN2NaO4S. The van der Waals surface area contributed by atoms with Crippen molar-refractivity contribution in [3.05, 3.63) is 76.9 Å². The minimum absolute atomic E-state index is 0. The van der Waals surface area contributed by atoms with Crippen LogP contribution in [0.1, 0.15) is 43.2 Å². The van der Waals surface area contributed by atoms with Gasteiger partial charge in [0, 0.05) is 12.1 Å². The first kappa shape index (κ1) is 24.1. The number of hydrogen-bond acceptors (Lipinski definition) is 5. The van der Waals surface area contributed by atoms with E-state index in [1.54, 1.807) is 30.3 Å². The fourth-order valence-electron chi connectivity index (χ4n) is 5.04. The van der Waals surface area contributed by atoms with E-state index in [9.17, 15) is 22.7 Å². The second kappa shape index (κ2) is 9.33. The van der Waals surface area contributed by atoms with Crippen LogP contribution in [-0.4, -0.2) is 30.9 Å². The molecule has 0 radical (unpaired) electrons. The van der Waals surface area contributed by atoms with Crippen LogP contribution in [0.25, 0.3) is 0 Å². The molecule has 0 bridgehead atoms. The van der Waals surface area contributed by atoms with Crippen molar-refractivity contribution in [2.45, 2.75) is 49.6 Å². The summed E-state index contributed by atoms with van der Waals surface area (Å²) in [6, 6.07) is 11.4. The van der Waals surface area contributed by atoms with Crippen molar-refractivity contribution in [1.29, 1.82) is 0 Å². The van der Waals surface area contributed by atoms with Crippen molar-refractivity contribution in [2.24, 2.45) is 10.3 Å². The van der Waals surface area contributed by atoms with Crippen molar-refractivity contribution in [3.8, 4) is 0 Å². The molecule has 0 spiro atoms. The van der Waals surface area contributed by atoms with Gasteiger partial charge in [-0.2, -0.15) is 12.8 Å². The molecular weight excluding hydrogens is 454 g/mol. The smallest absolute Gasteiger partial charge is 0.860 e. The van der Waals surface area contributed by atoms with Crippen molar-refractivity contribution in [3.63, 3.8) is 0 Å². The molecule has 166 valence electrons. The maximum atomic E-state index is 13.6. The topological polar surface area (TPSA) is 89.9 Å². The molecule has 2 aromatic rings.